The molecule has 1 aliphatic heterocycles. The predicted molar refractivity (Wildman–Crippen MR) is 83.0 cm³/mol. The largest absolute Gasteiger partial charge is 0.356 e. The number of hydrogen-bond donors (Lipinski definition) is 3. The Hall–Kier alpha value is -1.88. The van der Waals surface area contributed by atoms with Gasteiger partial charge in [0.15, 0.2) is 0 Å². The lowest BCUT2D eigenvalue weighted by molar-refractivity contribution is -0.121. The maximum Gasteiger partial charge on any atom is 0.228 e. The van der Waals surface area contributed by atoms with Crippen molar-refractivity contribution in [1.29, 1.82) is 0 Å². The Morgan fingerprint density at radius 2 is 2.29 bits per heavy atom. The lowest BCUT2D eigenvalue weighted by Crippen LogP contribution is -2.28. The highest BCUT2D eigenvalue weighted by Gasteiger charge is 2.17. The third-order valence-corrected chi connectivity index (χ3v) is 3.59. The second-order valence-electron chi connectivity index (χ2n) is 5.69. The molecule has 1 heterocycles. The van der Waals surface area contributed by atoms with Crippen LogP contribution in [0, 0.1) is 0 Å². The Balaban J connectivity index is 1.70. The molecule has 0 radical (unpaired) electrons. The molecule has 1 aromatic carbocycles. The molecule has 2 amide bonds. The molecule has 0 saturated carbocycles. The van der Waals surface area contributed by atoms with Crippen LogP contribution >= 0.6 is 0 Å². The van der Waals surface area contributed by atoms with Gasteiger partial charge in [0, 0.05) is 24.7 Å². The zero-order valence-electron chi connectivity index (χ0n) is 12.4. The van der Waals surface area contributed by atoms with Crippen molar-refractivity contribution in [3.63, 3.8) is 0 Å². The number of aryl methyl sites for hydroxylation is 1. The summed E-state index contributed by atoms with van der Waals surface area (Å²) in [6.07, 6.45) is 3.44. The van der Waals surface area contributed by atoms with Gasteiger partial charge in [-0.1, -0.05) is 12.1 Å². The smallest absolute Gasteiger partial charge is 0.228 e. The van der Waals surface area contributed by atoms with Gasteiger partial charge in [-0.3, -0.25) is 9.59 Å². The molecule has 0 bridgehead atoms. The molecule has 5 nitrogen and oxygen atoms in total. The second kappa shape index (κ2) is 7.22. The number of benzene rings is 1. The summed E-state index contributed by atoms with van der Waals surface area (Å²) in [5.41, 5.74) is 8.77. The fraction of sp³-hybridized carbons (Fsp3) is 0.500. The normalized spacial score (nSPS) is 14.5. The van der Waals surface area contributed by atoms with Crippen molar-refractivity contribution in [2.45, 2.75) is 45.1 Å². The van der Waals surface area contributed by atoms with Gasteiger partial charge in [0.05, 0.1) is 6.42 Å². The summed E-state index contributed by atoms with van der Waals surface area (Å²) in [6.45, 7) is 2.57. The number of hydrogen-bond acceptors (Lipinski definition) is 3. The van der Waals surface area contributed by atoms with Gasteiger partial charge in [-0.2, -0.15) is 0 Å². The maximum absolute atomic E-state index is 11.6. The Labute approximate surface area is 125 Å². The highest BCUT2D eigenvalue weighted by molar-refractivity contribution is 5.99. The summed E-state index contributed by atoms with van der Waals surface area (Å²) in [5, 5.41) is 5.69. The van der Waals surface area contributed by atoms with Gasteiger partial charge >= 0.3 is 0 Å². The van der Waals surface area contributed by atoms with Crippen LogP contribution in [0.2, 0.25) is 0 Å². The first kappa shape index (κ1) is 15.5. The molecule has 114 valence electrons. The Morgan fingerprint density at radius 3 is 3.05 bits per heavy atom. The molecule has 1 atom stereocenters. The molecule has 2 rings (SSSR count). The standard InChI is InChI=1S/C16H23N3O2/c1-11(17)7-8-18-15(20)4-2-3-12-5-6-14-13(9-12)10-16(21)19-14/h5-6,9,11H,2-4,7-8,10,17H2,1H3,(H,18,20)(H,19,21). The number of carbonyl (C=O) groups is 2. The van der Waals surface area contributed by atoms with E-state index in [1.807, 2.05) is 19.1 Å². The Bertz CT molecular complexity index is 526. The SMILES string of the molecule is CC(N)CCNC(=O)CCCc1ccc2c(c1)CC(=O)N2. The van der Waals surface area contributed by atoms with Crippen LogP contribution in [0.15, 0.2) is 18.2 Å². The van der Waals surface area contributed by atoms with Crippen LogP contribution < -0.4 is 16.4 Å². The van der Waals surface area contributed by atoms with E-state index < -0.39 is 0 Å². The van der Waals surface area contributed by atoms with Gasteiger partial charge in [0.1, 0.15) is 0 Å². The zero-order chi connectivity index (χ0) is 15.2. The van der Waals surface area contributed by atoms with Gasteiger partial charge in [-0.05, 0) is 43.4 Å². The fourth-order valence-electron chi connectivity index (χ4n) is 2.42. The fourth-order valence-corrected chi connectivity index (χ4v) is 2.42. The predicted octanol–water partition coefficient (Wildman–Crippen LogP) is 1.36. The summed E-state index contributed by atoms with van der Waals surface area (Å²) in [7, 11) is 0. The minimum absolute atomic E-state index is 0.0515. The van der Waals surface area contributed by atoms with E-state index >= 15 is 0 Å². The van der Waals surface area contributed by atoms with Crippen LogP contribution in [0.3, 0.4) is 0 Å². The number of rotatable bonds is 7. The first-order chi connectivity index (χ1) is 10.0. The molecule has 0 aliphatic carbocycles. The monoisotopic (exact) mass is 289 g/mol. The van der Waals surface area contributed by atoms with E-state index in [0.29, 0.717) is 19.4 Å². The third kappa shape index (κ3) is 4.86. The van der Waals surface area contributed by atoms with Gasteiger partial charge < -0.3 is 16.4 Å². The van der Waals surface area contributed by atoms with Crippen LogP contribution in [-0.4, -0.2) is 24.4 Å². The van der Waals surface area contributed by atoms with E-state index in [9.17, 15) is 9.59 Å². The molecule has 5 heteroatoms. The quantitative estimate of drug-likeness (QED) is 0.708. The highest BCUT2D eigenvalue weighted by atomic mass is 16.2. The topological polar surface area (TPSA) is 84.2 Å². The lowest BCUT2D eigenvalue weighted by Gasteiger charge is -2.07. The van der Waals surface area contributed by atoms with E-state index in [2.05, 4.69) is 16.7 Å². The Kier molecular flexibility index (Phi) is 5.33. The van der Waals surface area contributed by atoms with E-state index in [-0.39, 0.29) is 17.9 Å². The molecule has 0 spiro atoms. The average Bonchev–Trinajstić information content (AvgIpc) is 2.77. The molecule has 1 aromatic rings. The number of carbonyl (C=O) groups excluding carboxylic acids is 2. The van der Waals surface area contributed by atoms with E-state index in [0.717, 1.165) is 30.5 Å². The Morgan fingerprint density at radius 1 is 1.48 bits per heavy atom. The van der Waals surface area contributed by atoms with Crippen LogP contribution in [0.5, 0.6) is 0 Å². The summed E-state index contributed by atoms with van der Waals surface area (Å²) in [5.74, 6) is 0.129. The first-order valence-corrected chi connectivity index (χ1v) is 7.48. The molecule has 0 aromatic heterocycles. The van der Waals surface area contributed by atoms with E-state index in [1.165, 1.54) is 5.56 Å². The molecule has 1 unspecified atom stereocenters. The summed E-state index contributed by atoms with van der Waals surface area (Å²) in [4.78, 5) is 22.9. The minimum atomic E-state index is 0.0515. The molecule has 4 N–H and O–H groups in total. The molecule has 1 aliphatic rings. The van der Waals surface area contributed by atoms with Gasteiger partial charge in [-0.25, -0.2) is 0 Å². The molecule has 0 saturated heterocycles. The molecular weight excluding hydrogens is 266 g/mol. The number of fused-ring (bicyclic) bond motifs is 1. The van der Waals surface area contributed by atoms with Crippen molar-refractivity contribution in [3.8, 4) is 0 Å². The van der Waals surface area contributed by atoms with Crippen molar-refractivity contribution in [3.05, 3.63) is 29.3 Å². The van der Waals surface area contributed by atoms with Crippen molar-refractivity contribution in [2.75, 3.05) is 11.9 Å². The van der Waals surface area contributed by atoms with Gasteiger partial charge in [-0.15, -0.1) is 0 Å². The van der Waals surface area contributed by atoms with Crippen molar-refractivity contribution < 1.29 is 9.59 Å². The van der Waals surface area contributed by atoms with Crippen LogP contribution in [0.1, 0.15) is 37.3 Å². The first-order valence-electron chi connectivity index (χ1n) is 7.48. The number of anilines is 1. The number of nitrogens with one attached hydrogen (secondary N) is 2. The molecular formula is C16H23N3O2. The van der Waals surface area contributed by atoms with Crippen molar-refractivity contribution in [2.24, 2.45) is 5.73 Å². The van der Waals surface area contributed by atoms with E-state index in [1.54, 1.807) is 0 Å². The summed E-state index contributed by atoms with van der Waals surface area (Å²) >= 11 is 0. The summed E-state index contributed by atoms with van der Waals surface area (Å²) in [6, 6.07) is 6.13. The van der Waals surface area contributed by atoms with Gasteiger partial charge in [0.25, 0.3) is 0 Å². The number of nitrogens with two attached hydrogens (primary N) is 1. The number of amides is 2. The van der Waals surface area contributed by atoms with Crippen molar-refractivity contribution >= 4 is 17.5 Å². The lowest BCUT2D eigenvalue weighted by atomic mass is 10.0. The summed E-state index contributed by atoms with van der Waals surface area (Å²) < 4.78 is 0. The van der Waals surface area contributed by atoms with Gasteiger partial charge in [0.2, 0.25) is 11.8 Å². The third-order valence-electron chi connectivity index (χ3n) is 3.59. The molecule has 21 heavy (non-hydrogen) atoms. The van der Waals surface area contributed by atoms with Crippen LogP contribution in [0.4, 0.5) is 5.69 Å². The van der Waals surface area contributed by atoms with Crippen LogP contribution in [-0.2, 0) is 22.4 Å². The highest BCUT2D eigenvalue weighted by Crippen LogP contribution is 2.24. The minimum Gasteiger partial charge on any atom is -0.356 e. The van der Waals surface area contributed by atoms with Crippen molar-refractivity contribution in [1.82, 2.24) is 5.32 Å². The second-order valence-corrected chi connectivity index (χ2v) is 5.69. The van der Waals surface area contributed by atoms with E-state index in [4.69, 9.17) is 5.73 Å². The average molecular weight is 289 g/mol. The zero-order valence-corrected chi connectivity index (χ0v) is 12.4. The van der Waals surface area contributed by atoms with Crippen LogP contribution in [0.25, 0.3) is 0 Å². The maximum atomic E-state index is 11.6. The molecule has 0 fully saturated rings.